The number of hydrogen-bond acceptors (Lipinski definition) is 2. The highest BCUT2D eigenvalue weighted by Crippen LogP contribution is 2.41. The standard InChI is InChI=1S/C28H24N2O2/c1-21(31)29(23-13-5-3-6-14-23)27-19-11-9-17-25(27)26-18-10-12-20-28(26)30(22(2)32)24-15-7-4-8-16-24/h3-20H,1-2H3. The summed E-state index contributed by atoms with van der Waals surface area (Å²) in [5.74, 6) is -0.180. The molecule has 2 amide bonds. The highest BCUT2D eigenvalue weighted by atomic mass is 16.2. The molecule has 4 heteroatoms. The molecule has 0 bridgehead atoms. The Balaban J connectivity index is 1.92. The van der Waals surface area contributed by atoms with Crippen LogP contribution in [0.15, 0.2) is 109 Å². The van der Waals surface area contributed by atoms with Crippen LogP contribution in [0.25, 0.3) is 11.1 Å². The Morgan fingerprint density at radius 3 is 1.12 bits per heavy atom. The van der Waals surface area contributed by atoms with Crippen LogP contribution >= 0.6 is 0 Å². The van der Waals surface area contributed by atoms with Gasteiger partial charge in [0.2, 0.25) is 11.8 Å². The summed E-state index contributed by atoms with van der Waals surface area (Å²) >= 11 is 0. The van der Waals surface area contributed by atoms with Crippen LogP contribution in [0, 0.1) is 0 Å². The van der Waals surface area contributed by atoms with E-state index in [1.165, 1.54) is 0 Å². The number of hydrogen-bond donors (Lipinski definition) is 0. The van der Waals surface area contributed by atoms with Crippen LogP contribution in [0.1, 0.15) is 13.8 Å². The molecule has 158 valence electrons. The van der Waals surface area contributed by atoms with E-state index in [0.717, 1.165) is 33.9 Å². The van der Waals surface area contributed by atoms with E-state index in [9.17, 15) is 9.59 Å². The van der Waals surface area contributed by atoms with E-state index in [0.29, 0.717) is 0 Å². The number of para-hydroxylation sites is 4. The summed E-state index contributed by atoms with van der Waals surface area (Å²) in [5, 5.41) is 0. The lowest BCUT2D eigenvalue weighted by Gasteiger charge is -2.28. The van der Waals surface area contributed by atoms with Gasteiger partial charge in [0.25, 0.3) is 0 Å². The fraction of sp³-hybridized carbons (Fsp3) is 0.0714. The van der Waals surface area contributed by atoms with Crippen LogP contribution in [0.3, 0.4) is 0 Å². The van der Waals surface area contributed by atoms with Crippen LogP contribution in [0.5, 0.6) is 0 Å². The van der Waals surface area contributed by atoms with Gasteiger partial charge in [-0.1, -0.05) is 72.8 Å². The fourth-order valence-electron chi connectivity index (χ4n) is 3.93. The van der Waals surface area contributed by atoms with E-state index < -0.39 is 0 Å². The Hall–Kier alpha value is -4.18. The van der Waals surface area contributed by atoms with Gasteiger partial charge in [-0.05, 0) is 36.4 Å². The van der Waals surface area contributed by atoms with Gasteiger partial charge in [-0.15, -0.1) is 0 Å². The molecule has 0 fully saturated rings. The van der Waals surface area contributed by atoms with Crippen LogP contribution in [-0.2, 0) is 9.59 Å². The van der Waals surface area contributed by atoms with Crippen molar-refractivity contribution >= 4 is 34.6 Å². The summed E-state index contributed by atoms with van der Waals surface area (Å²) in [6.45, 7) is 3.11. The van der Waals surface area contributed by atoms with Gasteiger partial charge in [-0.2, -0.15) is 0 Å². The van der Waals surface area contributed by atoms with Crippen LogP contribution in [0.2, 0.25) is 0 Å². The van der Waals surface area contributed by atoms with Crippen molar-refractivity contribution in [3.63, 3.8) is 0 Å². The molecule has 0 heterocycles. The molecular weight excluding hydrogens is 396 g/mol. The number of anilines is 4. The molecule has 4 aromatic rings. The Morgan fingerprint density at radius 1 is 0.469 bits per heavy atom. The Morgan fingerprint density at radius 2 is 0.781 bits per heavy atom. The van der Waals surface area contributed by atoms with E-state index in [1.54, 1.807) is 23.6 Å². The molecule has 4 rings (SSSR count). The summed E-state index contributed by atoms with van der Waals surface area (Å²) in [4.78, 5) is 28.9. The average Bonchev–Trinajstić information content (AvgIpc) is 2.81. The number of rotatable bonds is 5. The normalized spacial score (nSPS) is 10.4. The molecule has 0 aromatic heterocycles. The predicted octanol–water partition coefficient (Wildman–Crippen LogP) is 6.72. The number of carbonyl (C=O) groups excluding carboxylic acids is 2. The number of nitrogens with zero attached hydrogens (tertiary/aromatic N) is 2. The van der Waals surface area contributed by atoms with Gasteiger partial charge in [-0.3, -0.25) is 19.4 Å². The van der Waals surface area contributed by atoms with E-state index in [2.05, 4.69) is 0 Å². The Bertz CT molecular complexity index is 1140. The number of amides is 2. The van der Waals surface area contributed by atoms with Gasteiger partial charge in [0, 0.05) is 36.3 Å². The summed E-state index contributed by atoms with van der Waals surface area (Å²) in [6, 6.07) is 34.7. The van der Waals surface area contributed by atoms with Gasteiger partial charge in [-0.25, -0.2) is 0 Å². The van der Waals surface area contributed by atoms with Crippen molar-refractivity contribution in [2.75, 3.05) is 9.80 Å². The zero-order chi connectivity index (χ0) is 22.5. The maximum Gasteiger partial charge on any atom is 0.228 e. The first kappa shape index (κ1) is 21.1. The van der Waals surface area contributed by atoms with Crippen molar-refractivity contribution in [3.05, 3.63) is 109 Å². The molecule has 0 saturated carbocycles. The molecule has 0 spiro atoms. The van der Waals surface area contributed by atoms with Gasteiger partial charge in [0.15, 0.2) is 0 Å². The molecule has 32 heavy (non-hydrogen) atoms. The molecule has 4 aromatic carbocycles. The SMILES string of the molecule is CC(=O)N(c1ccccc1)c1ccccc1-c1ccccc1N(C(C)=O)c1ccccc1. The van der Waals surface area contributed by atoms with Crippen LogP contribution in [0.4, 0.5) is 22.7 Å². The lowest BCUT2D eigenvalue weighted by Crippen LogP contribution is -2.25. The van der Waals surface area contributed by atoms with Crippen LogP contribution < -0.4 is 9.80 Å². The van der Waals surface area contributed by atoms with Crippen molar-refractivity contribution in [3.8, 4) is 11.1 Å². The van der Waals surface area contributed by atoms with Gasteiger partial charge >= 0.3 is 0 Å². The monoisotopic (exact) mass is 420 g/mol. The lowest BCUT2D eigenvalue weighted by atomic mass is 9.99. The minimum absolute atomic E-state index is 0.0902. The fourth-order valence-corrected chi connectivity index (χ4v) is 3.93. The second-order valence-corrected chi connectivity index (χ2v) is 7.41. The van der Waals surface area contributed by atoms with Crippen LogP contribution in [-0.4, -0.2) is 11.8 Å². The molecule has 0 unspecified atom stereocenters. The first-order chi connectivity index (χ1) is 15.6. The second-order valence-electron chi connectivity index (χ2n) is 7.41. The summed E-state index contributed by atoms with van der Waals surface area (Å²) in [5.41, 5.74) is 4.83. The average molecular weight is 421 g/mol. The van der Waals surface area contributed by atoms with Gasteiger partial charge in [0.05, 0.1) is 11.4 Å². The molecule has 4 nitrogen and oxygen atoms in total. The van der Waals surface area contributed by atoms with E-state index in [4.69, 9.17) is 0 Å². The molecule has 0 aliphatic carbocycles. The Kier molecular flexibility index (Phi) is 6.13. The highest BCUT2D eigenvalue weighted by Gasteiger charge is 2.22. The third kappa shape index (κ3) is 4.16. The third-order valence-corrected chi connectivity index (χ3v) is 5.24. The molecular formula is C28H24N2O2. The van der Waals surface area contributed by atoms with Crippen molar-refractivity contribution in [2.45, 2.75) is 13.8 Å². The summed E-state index contributed by atoms with van der Waals surface area (Å²) in [6.07, 6.45) is 0. The zero-order valence-electron chi connectivity index (χ0n) is 18.1. The largest absolute Gasteiger partial charge is 0.281 e. The first-order valence-corrected chi connectivity index (χ1v) is 10.5. The third-order valence-electron chi connectivity index (χ3n) is 5.24. The highest BCUT2D eigenvalue weighted by molar-refractivity contribution is 6.07. The maximum absolute atomic E-state index is 12.7. The van der Waals surface area contributed by atoms with Crippen molar-refractivity contribution in [1.29, 1.82) is 0 Å². The van der Waals surface area contributed by atoms with Gasteiger partial charge in [0.1, 0.15) is 0 Å². The van der Waals surface area contributed by atoms with E-state index in [1.807, 2.05) is 109 Å². The molecule has 0 radical (unpaired) electrons. The molecule has 0 N–H and O–H groups in total. The number of benzene rings is 4. The minimum Gasteiger partial charge on any atom is -0.281 e. The Labute approximate surface area is 188 Å². The maximum atomic E-state index is 12.7. The lowest BCUT2D eigenvalue weighted by molar-refractivity contribution is -0.116. The summed E-state index contributed by atoms with van der Waals surface area (Å²) < 4.78 is 0. The second kappa shape index (κ2) is 9.31. The smallest absolute Gasteiger partial charge is 0.228 e. The summed E-state index contributed by atoms with van der Waals surface area (Å²) in [7, 11) is 0. The van der Waals surface area contributed by atoms with E-state index >= 15 is 0 Å². The predicted molar refractivity (Wildman–Crippen MR) is 130 cm³/mol. The minimum atomic E-state index is -0.0902. The topological polar surface area (TPSA) is 40.6 Å². The molecule has 0 aliphatic heterocycles. The van der Waals surface area contributed by atoms with Crippen molar-refractivity contribution in [2.24, 2.45) is 0 Å². The number of carbonyl (C=O) groups is 2. The quantitative estimate of drug-likeness (QED) is 0.359. The van der Waals surface area contributed by atoms with E-state index in [-0.39, 0.29) is 11.8 Å². The molecule has 0 atom stereocenters. The first-order valence-electron chi connectivity index (χ1n) is 10.5. The zero-order valence-corrected chi connectivity index (χ0v) is 18.1. The molecule has 0 aliphatic rings. The molecule has 0 saturated heterocycles. The van der Waals surface area contributed by atoms with Crippen molar-refractivity contribution < 1.29 is 9.59 Å². The van der Waals surface area contributed by atoms with Crippen molar-refractivity contribution in [1.82, 2.24) is 0 Å². The van der Waals surface area contributed by atoms with Gasteiger partial charge < -0.3 is 0 Å².